The Morgan fingerprint density at radius 2 is 1.64 bits per heavy atom. The maximum atomic E-state index is 6.18. The number of hydrogen-bond donors (Lipinski definition) is 0. The predicted molar refractivity (Wildman–Crippen MR) is 103 cm³/mol. The Bertz CT molecular complexity index is 982. The second-order valence-electron chi connectivity index (χ2n) is 7.38. The van der Waals surface area contributed by atoms with Gasteiger partial charge in [-0.3, -0.25) is 4.98 Å². The molecule has 4 rings (SSSR count). The highest BCUT2D eigenvalue weighted by Crippen LogP contribution is 2.43. The quantitative estimate of drug-likeness (QED) is 0.589. The second kappa shape index (κ2) is 5.73. The molecule has 0 amide bonds. The van der Waals surface area contributed by atoms with Gasteiger partial charge >= 0.3 is 0 Å². The number of benzene rings is 2. The lowest BCUT2D eigenvalue weighted by atomic mass is 9.87. The van der Waals surface area contributed by atoms with E-state index in [1.165, 1.54) is 33.0 Å². The number of rotatable bonds is 2. The standard InChI is InChI=1S/C23H23NO/c1-15-9-16(2)11-19(10-15)23(4)12-18(14-25-23)22-21-8-6-5-7-20(21)17(3)13-24-22/h5-11,13-14H,12H2,1-4H3. The van der Waals surface area contributed by atoms with Crippen LogP contribution in [0.15, 0.2) is 54.9 Å². The molecule has 0 spiro atoms. The van der Waals surface area contributed by atoms with E-state index in [9.17, 15) is 0 Å². The van der Waals surface area contributed by atoms with Crippen LogP contribution in [0.4, 0.5) is 0 Å². The number of aryl methyl sites for hydroxylation is 3. The molecular weight excluding hydrogens is 306 g/mol. The van der Waals surface area contributed by atoms with E-state index in [1.807, 2.05) is 12.5 Å². The molecule has 0 N–H and O–H groups in total. The van der Waals surface area contributed by atoms with Crippen LogP contribution in [-0.2, 0) is 10.3 Å². The minimum absolute atomic E-state index is 0.334. The van der Waals surface area contributed by atoms with Crippen LogP contribution in [0.3, 0.4) is 0 Å². The van der Waals surface area contributed by atoms with Crippen LogP contribution >= 0.6 is 0 Å². The normalized spacial score (nSPS) is 19.8. The van der Waals surface area contributed by atoms with Gasteiger partial charge < -0.3 is 4.74 Å². The van der Waals surface area contributed by atoms with Crippen molar-refractivity contribution in [1.82, 2.24) is 4.98 Å². The number of ether oxygens (including phenoxy) is 1. The number of hydrogen-bond acceptors (Lipinski definition) is 2. The van der Waals surface area contributed by atoms with E-state index in [1.54, 1.807) is 0 Å². The van der Waals surface area contributed by atoms with E-state index in [-0.39, 0.29) is 5.60 Å². The van der Waals surface area contributed by atoms with Crippen LogP contribution < -0.4 is 0 Å². The minimum atomic E-state index is -0.334. The summed E-state index contributed by atoms with van der Waals surface area (Å²) in [5, 5.41) is 2.45. The fraction of sp³-hybridized carbons (Fsp3) is 0.261. The predicted octanol–water partition coefficient (Wildman–Crippen LogP) is 5.84. The van der Waals surface area contributed by atoms with Gasteiger partial charge in [-0.25, -0.2) is 0 Å². The van der Waals surface area contributed by atoms with Gasteiger partial charge in [0.1, 0.15) is 5.60 Å². The van der Waals surface area contributed by atoms with Gasteiger partial charge in [0, 0.05) is 23.6 Å². The van der Waals surface area contributed by atoms with Crippen molar-refractivity contribution < 1.29 is 4.74 Å². The lowest BCUT2D eigenvalue weighted by molar-refractivity contribution is 0.0611. The molecule has 2 heterocycles. The highest BCUT2D eigenvalue weighted by atomic mass is 16.5. The number of fused-ring (bicyclic) bond motifs is 1. The Labute approximate surface area is 149 Å². The lowest BCUT2D eigenvalue weighted by Crippen LogP contribution is -2.20. The number of nitrogens with zero attached hydrogens (tertiary/aromatic N) is 1. The molecule has 0 bridgehead atoms. The van der Waals surface area contributed by atoms with Crippen LogP contribution in [0.5, 0.6) is 0 Å². The van der Waals surface area contributed by atoms with Crippen molar-refractivity contribution in [3.8, 4) is 0 Å². The molecular formula is C23H23NO. The van der Waals surface area contributed by atoms with Crippen LogP contribution in [0.25, 0.3) is 16.3 Å². The number of pyridine rings is 1. The van der Waals surface area contributed by atoms with Gasteiger partial charge in [-0.1, -0.05) is 53.6 Å². The van der Waals surface area contributed by atoms with E-state index >= 15 is 0 Å². The molecule has 2 nitrogen and oxygen atoms in total. The topological polar surface area (TPSA) is 22.1 Å². The summed E-state index contributed by atoms with van der Waals surface area (Å²) >= 11 is 0. The van der Waals surface area contributed by atoms with E-state index in [0.717, 1.165) is 17.7 Å². The van der Waals surface area contributed by atoms with E-state index < -0.39 is 0 Å². The zero-order valence-corrected chi connectivity index (χ0v) is 15.3. The smallest absolute Gasteiger partial charge is 0.134 e. The molecule has 1 unspecified atom stereocenters. The van der Waals surface area contributed by atoms with Gasteiger partial charge in [-0.15, -0.1) is 0 Å². The molecule has 1 aliphatic rings. The third kappa shape index (κ3) is 2.72. The van der Waals surface area contributed by atoms with Crippen LogP contribution in [0.2, 0.25) is 0 Å². The number of aromatic nitrogens is 1. The summed E-state index contributed by atoms with van der Waals surface area (Å²) in [6.07, 6.45) is 4.70. The Morgan fingerprint density at radius 1 is 0.960 bits per heavy atom. The monoisotopic (exact) mass is 329 g/mol. The fourth-order valence-electron chi connectivity index (χ4n) is 3.83. The highest BCUT2D eigenvalue weighted by molar-refractivity contribution is 5.94. The van der Waals surface area contributed by atoms with Gasteiger partial charge in [0.05, 0.1) is 12.0 Å². The van der Waals surface area contributed by atoms with E-state index in [0.29, 0.717) is 0 Å². The van der Waals surface area contributed by atoms with Crippen LogP contribution in [0, 0.1) is 20.8 Å². The van der Waals surface area contributed by atoms with Gasteiger partial charge in [-0.05, 0) is 44.2 Å². The van der Waals surface area contributed by atoms with E-state index in [4.69, 9.17) is 9.72 Å². The Morgan fingerprint density at radius 3 is 2.36 bits per heavy atom. The summed E-state index contributed by atoms with van der Waals surface area (Å²) in [6.45, 7) is 8.55. The summed E-state index contributed by atoms with van der Waals surface area (Å²) in [6, 6.07) is 15.1. The van der Waals surface area contributed by atoms with Gasteiger partial charge in [0.15, 0.2) is 0 Å². The molecule has 2 heteroatoms. The van der Waals surface area contributed by atoms with Crippen molar-refractivity contribution in [2.24, 2.45) is 0 Å². The maximum Gasteiger partial charge on any atom is 0.134 e. The fourth-order valence-corrected chi connectivity index (χ4v) is 3.83. The maximum absolute atomic E-state index is 6.18. The summed E-state index contributed by atoms with van der Waals surface area (Å²) in [7, 11) is 0. The SMILES string of the molecule is Cc1cc(C)cc(C2(C)CC(c3ncc(C)c4ccccc34)=CO2)c1. The summed E-state index contributed by atoms with van der Waals surface area (Å²) in [5.41, 5.74) is 6.84. The summed E-state index contributed by atoms with van der Waals surface area (Å²) < 4.78 is 6.18. The summed E-state index contributed by atoms with van der Waals surface area (Å²) in [4.78, 5) is 4.73. The Kier molecular flexibility index (Phi) is 3.64. The summed E-state index contributed by atoms with van der Waals surface area (Å²) in [5.74, 6) is 0. The average molecular weight is 329 g/mol. The van der Waals surface area contributed by atoms with Crippen molar-refractivity contribution in [3.63, 3.8) is 0 Å². The third-order valence-corrected chi connectivity index (χ3v) is 5.12. The molecule has 1 aromatic heterocycles. The van der Waals surface area contributed by atoms with Crippen molar-refractivity contribution in [1.29, 1.82) is 0 Å². The molecule has 2 aromatic carbocycles. The Hall–Kier alpha value is -2.61. The molecule has 0 fully saturated rings. The van der Waals surface area contributed by atoms with Gasteiger partial charge in [0.25, 0.3) is 0 Å². The van der Waals surface area contributed by atoms with E-state index in [2.05, 4.69) is 70.2 Å². The van der Waals surface area contributed by atoms with Crippen molar-refractivity contribution in [2.75, 3.05) is 0 Å². The largest absolute Gasteiger partial charge is 0.490 e. The zero-order chi connectivity index (χ0) is 17.6. The van der Waals surface area contributed by atoms with Crippen LogP contribution in [-0.4, -0.2) is 4.98 Å². The first-order valence-electron chi connectivity index (χ1n) is 8.77. The molecule has 1 atom stereocenters. The molecule has 25 heavy (non-hydrogen) atoms. The minimum Gasteiger partial charge on any atom is -0.490 e. The van der Waals surface area contributed by atoms with Crippen molar-refractivity contribution in [2.45, 2.75) is 39.7 Å². The molecule has 1 aliphatic heterocycles. The highest BCUT2D eigenvalue weighted by Gasteiger charge is 2.35. The first-order chi connectivity index (χ1) is 12.0. The van der Waals surface area contributed by atoms with Gasteiger partial charge in [0.2, 0.25) is 0 Å². The van der Waals surface area contributed by atoms with Gasteiger partial charge in [-0.2, -0.15) is 0 Å². The molecule has 0 aliphatic carbocycles. The first kappa shape index (κ1) is 15.9. The third-order valence-electron chi connectivity index (χ3n) is 5.12. The molecule has 3 aromatic rings. The molecule has 0 saturated carbocycles. The van der Waals surface area contributed by atoms with Crippen LogP contribution in [0.1, 0.15) is 41.3 Å². The molecule has 0 saturated heterocycles. The lowest BCUT2D eigenvalue weighted by Gasteiger charge is -2.25. The zero-order valence-electron chi connectivity index (χ0n) is 15.3. The Balaban J connectivity index is 1.74. The molecule has 0 radical (unpaired) electrons. The molecule has 126 valence electrons. The average Bonchev–Trinajstić information content (AvgIpc) is 2.98. The first-order valence-corrected chi connectivity index (χ1v) is 8.77. The van der Waals surface area contributed by atoms with Crippen molar-refractivity contribution in [3.05, 3.63) is 82.9 Å². The second-order valence-corrected chi connectivity index (χ2v) is 7.38. The van der Waals surface area contributed by atoms with Crippen molar-refractivity contribution >= 4 is 16.3 Å².